The summed E-state index contributed by atoms with van der Waals surface area (Å²) in [4.78, 5) is 29.6. The Morgan fingerprint density at radius 2 is 1.88 bits per heavy atom. The van der Waals surface area contributed by atoms with Crippen molar-refractivity contribution in [1.29, 1.82) is 0 Å². The highest BCUT2D eigenvalue weighted by Gasteiger charge is 2.21. The summed E-state index contributed by atoms with van der Waals surface area (Å²) in [5, 5.41) is 7.51. The number of rotatable bonds is 4. The van der Waals surface area contributed by atoms with Crippen LogP contribution in [0.1, 0.15) is 33.5 Å². The molecule has 1 atom stereocenters. The van der Waals surface area contributed by atoms with Gasteiger partial charge in [-0.05, 0) is 33.3 Å². The Bertz CT molecular complexity index is 819. The molecule has 10 heteroatoms. The molecule has 0 aliphatic heterocycles. The Morgan fingerprint density at radius 1 is 1.28 bits per heavy atom. The number of aromatic nitrogens is 3. The molecule has 0 unspecified atom stereocenters. The van der Waals surface area contributed by atoms with Crippen LogP contribution in [0.5, 0.6) is 0 Å². The number of thiazole rings is 1. The van der Waals surface area contributed by atoms with Crippen LogP contribution in [0.25, 0.3) is 10.6 Å². The third-order valence-electron chi connectivity index (χ3n) is 3.67. The second-order valence-electron chi connectivity index (χ2n) is 5.56. The van der Waals surface area contributed by atoms with E-state index in [0.717, 1.165) is 11.3 Å². The predicted octanol–water partition coefficient (Wildman–Crippen LogP) is 1.75. The van der Waals surface area contributed by atoms with E-state index in [4.69, 9.17) is 5.73 Å². The van der Waals surface area contributed by atoms with E-state index in [1.807, 2.05) is 20.8 Å². The van der Waals surface area contributed by atoms with Gasteiger partial charge in [-0.2, -0.15) is 5.10 Å². The molecule has 0 aliphatic rings. The number of hydrogen-bond donors (Lipinski definition) is 2. The highest BCUT2D eigenvalue weighted by molar-refractivity contribution is 7.17. The van der Waals surface area contributed by atoms with Crippen molar-refractivity contribution in [2.75, 3.05) is 6.54 Å². The summed E-state index contributed by atoms with van der Waals surface area (Å²) in [7, 11) is 1.61. The van der Waals surface area contributed by atoms with E-state index in [1.54, 1.807) is 14.0 Å². The molecule has 0 bridgehead atoms. The molecule has 2 heterocycles. The lowest BCUT2D eigenvalue weighted by Gasteiger charge is -2.10. The Kier molecular flexibility index (Phi) is 8.73. The minimum atomic E-state index is -0.218. The molecular weight excluding hydrogens is 385 g/mol. The fraction of sp³-hybridized carbons (Fsp3) is 0.467. The number of halogens is 2. The van der Waals surface area contributed by atoms with Crippen molar-refractivity contribution in [3.05, 3.63) is 32.2 Å². The fourth-order valence-corrected chi connectivity index (χ4v) is 3.23. The van der Waals surface area contributed by atoms with Crippen LogP contribution >= 0.6 is 36.2 Å². The molecule has 0 aromatic carbocycles. The Balaban J connectivity index is 0.00000288. The summed E-state index contributed by atoms with van der Waals surface area (Å²) >= 11 is 1.21. The molecule has 0 saturated heterocycles. The van der Waals surface area contributed by atoms with Gasteiger partial charge in [-0.25, -0.2) is 9.67 Å². The molecule has 2 aromatic heterocycles. The van der Waals surface area contributed by atoms with Crippen LogP contribution in [-0.4, -0.2) is 33.3 Å². The van der Waals surface area contributed by atoms with Gasteiger partial charge in [0, 0.05) is 19.6 Å². The quantitative estimate of drug-likeness (QED) is 0.803. The fourth-order valence-electron chi connectivity index (χ4n) is 2.16. The highest BCUT2D eigenvalue weighted by atomic mass is 35.5. The zero-order valence-electron chi connectivity index (χ0n) is 14.7. The summed E-state index contributed by atoms with van der Waals surface area (Å²) in [6.45, 7) is 7.64. The first-order valence-corrected chi connectivity index (χ1v) is 8.11. The highest BCUT2D eigenvalue weighted by Crippen LogP contribution is 2.28. The average Bonchev–Trinajstić information content (AvgIpc) is 2.87. The molecule has 7 nitrogen and oxygen atoms in total. The molecule has 2 rings (SSSR count). The summed E-state index contributed by atoms with van der Waals surface area (Å²) in [5.74, 6) is -0.218. The Morgan fingerprint density at radius 3 is 2.44 bits per heavy atom. The van der Waals surface area contributed by atoms with Crippen LogP contribution in [-0.2, 0) is 7.05 Å². The number of hydrogen-bond acceptors (Lipinski definition) is 6. The van der Waals surface area contributed by atoms with Gasteiger partial charge in [0.15, 0.2) is 0 Å². The van der Waals surface area contributed by atoms with Gasteiger partial charge in [0.1, 0.15) is 9.88 Å². The summed E-state index contributed by atoms with van der Waals surface area (Å²) < 4.78 is 1.30. The van der Waals surface area contributed by atoms with Crippen molar-refractivity contribution >= 4 is 42.1 Å². The minimum Gasteiger partial charge on any atom is -0.348 e. The van der Waals surface area contributed by atoms with Crippen molar-refractivity contribution in [3.8, 4) is 10.6 Å². The normalized spacial score (nSPS) is 11.3. The molecule has 0 fully saturated rings. The predicted molar refractivity (Wildman–Crippen MR) is 105 cm³/mol. The summed E-state index contributed by atoms with van der Waals surface area (Å²) in [5.41, 5.74) is 7.95. The Labute approximate surface area is 162 Å². The number of carbonyl (C=O) groups excluding carboxylic acids is 1. The number of aryl methyl sites for hydroxylation is 3. The maximum absolute atomic E-state index is 12.4. The second-order valence-corrected chi connectivity index (χ2v) is 6.56. The second kappa shape index (κ2) is 9.28. The number of nitrogens with two attached hydrogens (primary N) is 1. The van der Waals surface area contributed by atoms with Gasteiger partial charge < -0.3 is 11.1 Å². The third-order valence-corrected chi connectivity index (χ3v) is 4.85. The molecule has 3 N–H and O–H groups in total. The maximum atomic E-state index is 12.4. The molecule has 2 aromatic rings. The van der Waals surface area contributed by atoms with Gasteiger partial charge in [0.2, 0.25) is 0 Å². The molecular formula is C15H23Cl2N5O2S. The zero-order chi connectivity index (χ0) is 17.3. The molecule has 0 spiro atoms. The smallest absolute Gasteiger partial charge is 0.277 e. The van der Waals surface area contributed by atoms with E-state index in [9.17, 15) is 9.59 Å². The third kappa shape index (κ3) is 4.78. The standard InChI is InChI=1S/C15H21N5O2S.2ClH/c1-7(6-16)17-13(21)12-10(4)18-14(23-12)11-8(2)9(3)19-20(5)15(11)22;;/h7H,6,16H2,1-5H3,(H,17,21);2*1H/t7-;;/m0../s1. The van der Waals surface area contributed by atoms with E-state index in [0.29, 0.717) is 27.7 Å². The van der Waals surface area contributed by atoms with Crippen molar-refractivity contribution in [2.45, 2.75) is 33.7 Å². The molecule has 0 radical (unpaired) electrons. The largest absolute Gasteiger partial charge is 0.348 e. The molecule has 0 saturated carbocycles. The van der Waals surface area contributed by atoms with E-state index >= 15 is 0 Å². The van der Waals surface area contributed by atoms with E-state index < -0.39 is 0 Å². The number of carbonyl (C=O) groups is 1. The lowest BCUT2D eigenvalue weighted by Crippen LogP contribution is -2.37. The Hall–Kier alpha value is -1.48. The lowest BCUT2D eigenvalue weighted by atomic mass is 10.1. The van der Waals surface area contributed by atoms with Crippen LogP contribution < -0.4 is 16.6 Å². The summed E-state index contributed by atoms with van der Waals surface area (Å²) in [6, 6.07) is -0.120. The van der Waals surface area contributed by atoms with E-state index in [2.05, 4.69) is 15.4 Å². The maximum Gasteiger partial charge on any atom is 0.277 e. The van der Waals surface area contributed by atoms with Crippen molar-refractivity contribution in [2.24, 2.45) is 12.8 Å². The van der Waals surface area contributed by atoms with Crippen LogP contribution in [0.3, 0.4) is 0 Å². The number of nitrogens with one attached hydrogen (secondary N) is 1. The van der Waals surface area contributed by atoms with Gasteiger partial charge >= 0.3 is 0 Å². The summed E-state index contributed by atoms with van der Waals surface area (Å²) in [6.07, 6.45) is 0. The monoisotopic (exact) mass is 407 g/mol. The first kappa shape index (κ1) is 23.5. The van der Waals surface area contributed by atoms with Gasteiger partial charge in [0.25, 0.3) is 11.5 Å². The van der Waals surface area contributed by atoms with Crippen LogP contribution in [0, 0.1) is 20.8 Å². The van der Waals surface area contributed by atoms with Gasteiger partial charge in [0.05, 0.1) is 17.0 Å². The lowest BCUT2D eigenvalue weighted by molar-refractivity contribution is 0.0944. The van der Waals surface area contributed by atoms with E-state index in [-0.39, 0.29) is 42.3 Å². The average molecular weight is 408 g/mol. The molecule has 1 amide bonds. The first-order valence-electron chi connectivity index (χ1n) is 7.29. The van der Waals surface area contributed by atoms with Crippen LogP contribution in [0.2, 0.25) is 0 Å². The zero-order valence-corrected chi connectivity index (χ0v) is 17.2. The van der Waals surface area contributed by atoms with Gasteiger partial charge in [-0.1, -0.05) is 0 Å². The number of nitrogens with zero attached hydrogens (tertiary/aromatic N) is 3. The topological polar surface area (TPSA) is 103 Å². The van der Waals surface area contributed by atoms with Gasteiger partial charge in [-0.15, -0.1) is 36.2 Å². The molecule has 25 heavy (non-hydrogen) atoms. The van der Waals surface area contributed by atoms with E-state index in [1.165, 1.54) is 16.0 Å². The minimum absolute atomic E-state index is 0. The molecule has 140 valence electrons. The molecule has 0 aliphatic carbocycles. The van der Waals surface area contributed by atoms with Crippen LogP contribution in [0.4, 0.5) is 0 Å². The SMILES string of the molecule is Cc1nc(-c2c(C)c(C)nn(C)c2=O)sc1C(=O)N[C@@H](C)CN.Cl.Cl. The first-order chi connectivity index (χ1) is 10.8. The number of amides is 1. The van der Waals surface area contributed by atoms with Crippen molar-refractivity contribution in [1.82, 2.24) is 20.1 Å². The van der Waals surface area contributed by atoms with Crippen molar-refractivity contribution < 1.29 is 4.79 Å². The van der Waals surface area contributed by atoms with Crippen LogP contribution in [0.15, 0.2) is 4.79 Å². The van der Waals surface area contributed by atoms with Gasteiger partial charge in [-0.3, -0.25) is 9.59 Å². The van der Waals surface area contributed by atoms with Crippen molar-refractivity contribution in [3.63, 3.8) is 0 Å².